The molecule has 0 aromatic heterocycles. The fourth-order valence-electron chi connectivity index (χ4n) is 1.93. The molecule has 1 atom stereocenters. The van der Waals surface area contributed by atoms with E-state index in [2.05, 4.69) is 11.0 Å². The van der Waals surface area contributed by atoms with Crippen LogP contribution in [0.1, 0.15) is 25.3 Å². The number of rotatable bonds is 6. The van der Waals surface area contributed by atoms with Gasteiger partial charge in [-0.2, -0.15) is 5.26 Å². The van der Waals surface area contributed by atoms with Crippen molar-refractivity contribution >= 4 is 0 Å². The third-order valence-corrected chi connectivity index (χ3v) is 3.06. The topological polar surface area (TPSA) is 36.3 Å². The molecule has 0 saturated heterocycles. The van der Waals surface area contributed by atoms with Gasteiger partial charge in [0.15, 0.2) is 0 Å². The van der Waals surface area contributed by atoms with E-state index in [1.54, 1.807) is 6.07 Å². The lowest BCUT2D eigenvalue weighted by Crippen LogP contribution is -2.28. The summed E-state index contributed by atoms with van der Waals surface area (Å²) in [6.07, 6.45) is 0. The average Bonchev–Trinajstić information content (AvgIpc) is 2.40. The minimum Gasteiger partial charge on any atom is -0.496 e. The number of halogens is 1. The number of benzene rings is 1. The number of hydrogen-bond acceptors (Lipinski definition) is 3. The van der Waals surface area contributed by atoms with E-state index in [-0.39, 0.29) is 11.7 Å². The van der Waals surface area contributed by atoms with Crippen LogP contribution in [0.2, 0.25) is 0 Å². The van der Waals surface area contributed by atoms with E-state index >= 15 is 0 Å². The van der Waals surface area contributed by atoms with Gasteiger partial charge in [-0.25, -0.2) is 4.39 Å². The van der Waals surface area contributed by atoms with E-state index in [4.69, 9.17) is 4.74 Å². The normalized spacial score (nSPS) is 12.2. The van der Waals surface area contributed by atoms with Crippen LogP contribution in [0.4, 0.5) is 4.39 Å². The van der Waals surface area contributed by atoms with Crippen molar-refractivity contribution in [1.29, 1.82) is 5.26 Å². The molecule has 0 heterocycles. The zero-order valence-electron chi connectivity index (χ0n) is 11.1. The molecule has 0 aliphatic carbocycles. The number of hydrogen-bond donors (Lipinski definition) is 0. The van der Waals surface area contributed by atoms with Crippen LogP contribution in [0.15, 0.2) is 18.2 Å². The van der Waals surface area contributed by atoms with Crippen molar-refractivity contribution < 1.29 is 9.13 Å². The van der Waals surface area contributed by atoms with Crippen LogP contribution in [0, 0.1) is 17.1 Å². The van der Waals surface area contributed by atoms with E-state index in [0.717, 1.165) is 13.1 Å². The van der Waals surface area contributed by atoms with E-state index in [0.29, 0.717) is 17.9 Å². The summed E-state index contributed by atoms with van der Waals surface area (Å²) in [6, 6.07) is 6.52. The summed E-state index contributed by atoms with van der Waals surface area (Å²) >= 11 is 0. The van der Waals surface area contributed by atoms with Crippen LogP contribution in [-0.2, 0) is 0 Å². The molecule has 3 nitrogen and oxygen atoms in total. The zero-order chi connectivity index (χ0) is 13.5. The highest BCUT2D eigenvalue weighted by Crippen LogP contribution is 2.27. The van der Waals surface area contributed by atoms with Crippen molar-refractivity contribution in [2.75, 3.05) is 26.7 Å². The van der Waals surface area contributed by atoms with Gasteiger partial charge in [-0.15, -0.1) is 0 Å². The van der Waals surface area contributed by atoms with Crippen LogP contribution in [0.3, 0.4) is 0 Å². The molecule has 0 fully saturated rings. The molecular weight excluding hydrogens is 231 g/mol. The Bertz CT molecular complexity index is 424. The average molecular weight is 250 g/mol. The molecule has 0 radical (unpaired) electrons. The molecule has 0 saturated carbocycles. The summed E-state index contributed by atoms with van der Waals surface area (Å²) in [5.41, 5.74) is 0.618. The monoisotopic (exact) mass is 250 g/mol. The Balaban J connectivity index is 3.01. The van der Waals surface area contributed by atoms with Crippen molar-refractivity contribution in [2.45, 2.75) is 19.8 Å². The smallest absolute Gasteiger partial charge is 0.123 e. The summed E-state index contributed by atoms with van der Waals surface area (Å²) in [7, 11) is 1.53. The van der Waals surface area contributed by atoms with E-state index < -0.39 is 0 Å². The second kappa shape index (κ2) is 6.97. The lowest BCUT2D eigenvalue weighted by atomic mass is 9.98. The van der Waals surface area contributed by atoms with Crippen LogP contribution >= 0.6 is 0 Å². The first-order chi connectivity index (χ1) is 8.65. The Kier molecular flexibility index (Phi) is 5.60. The SMILES string of the molecule is CCN(CC)CC(C#N)c1cc(F)ccc1OC. The Morgan fingerprint density at radius 3 is 2.56 bits per heavy atom. The highest BCUT2D eigenvalue weighted by atomic mass is 19.1. The van der Waals surface area contributed by atoms with Crippen molar-refractivity contribution in [2.24, 2.45) is 0 Å². The van der Waals surface area contributed by atoms with Gasteiger partial charge >= 0.3 is 0 Å². The minimum absolute atomic E-state index is 0.342. The van der Waals surface area contributed by atoms with E-state index in [1.807, 2.05) is 13.8 Å². The van der Waals surface area contributed by atoms with Gasteiger partial charge in [-0.3, -0.25) is 0 Å². The maximum Gasteiger partial charge on any atom is 0.123 e. The molecule has 4 heteroatoms. The maximum atomic E-state index is 13.3. The zero-order valence-corrected chi connectivity index (χ0v) is 11.1. The van der Waals surface area contributed by atoms with Crippen LogP contribution in [0.25, 0.3) is 0 Å². The van der Waals surface area contributed by atoms with Crippen LogP contribution in [0.5, 0.6) is 5.75 Å². The summed E-state index contributed by atoms with van der Waals surface area (Å²) in [5, 5.41) is 9.28. The molecule has 0 bridgehead atoms. The first kappa shape index (κ1) is 14.5. The van der Waals surface area contributed by atoms with E-state index in [9.17, 15) is 9.65 Å². The summed E-state index contributed by atoms with van der Waals surface area (Å²) in [5.74, 6) is -0.156. The number of likely N-dealkylation sites (N-methyl/N-ethyl adjacent to an activating group) is 1. The van der Waals surface area contributed by atoms with E-state index in [1.165, 1.54) is 19.2 Å². The second-order valence-corrected chi connectivity index (χ2v) is 4.05. The molecule has 18 heavy (non-hydrogen) atoms. The van der Waals surface area contributed by atoms with Crippen LogP contribution < -0.4 is 4.74 Å². The van der Waals surface area contributed by atoms with Gasteiger partial charge in [0.1, 0.15) is 11.6 Å². The van der Waals surface area contributed by atoms with Gasteiger partial charge in [-0.05, 0) is 31.3 Å². The first-order valence-corrected chi connectivity index (χ1v) is 6.11. The standard InChI is InChI=1S/C14H19FN2O/c1-4-17(5-2)10-11(9-16)13-8-12(15)6-7-14(13)18-3/h6-8,11H,4-5,10H2,1-3H3. The minimum atomic E-state index is -0.379. The van der Waals surface area contributed by atoms with Gasteiger partial charge in [-0.1, -0.05) is 13.8 Å². The molecule has 1 unspecified atom stereocenters. The van der Waals surface area contributed by atoms with Gasteiger partial charge in [0.2, 0.25) is 0 Å². The molecular formula is C14H19FN2O. The van der Waals surface area contributed by atoms with Crippen molar-refractivity contribution in [1.82, 2.24) is 4.90 Å². The lowest BCUT2D eigenvalue weighted by Gasteiger charge is -2.22. The molecule has 1 aromatic rings. The largest absolute Gasteiger partial charge is 0.496 e. The Labute approximate surface area is 108 Å². The quantitative estimate of drug-likeness (QED) is 0.779. The molecule has 0 spiro atoms. The third-order valence-electron chi connectivity index (χ3n) is 3.06. The van der Waals surface area contributed by atoms with Gasteiger partial charge in [0, 0.05) is 12.1 Å². The number of ether oxygens (including phenoxy) is 1. The maximum absolute atomic E-state index is 13.3. The molecule has 1 rings (SSSR count). The van der Waals surface area contributed by atoms with Gasteiger partial charge < -0.3 is 9.64 Å². The first-order valence-electron chi connectivity index (χ1n) is 6.11. The summed E-state index contributed by atoms with van der Waals surface area (Å²) < 4.78 is 18.5. The van der Waals surface area contributed by atoms with Crippen molar-refractivity contribution in [3.63, 3.8) is 0 Å². The second-order valence-electron chi connectivity index (χ2n) is 4.05. The Morgan fingerprint density at radius 1 is 1.39 bits per heavy atom. The molecule has 98 valence electrons. The molecule has 0 N–H and O–H groups in total. The van der Waals surface area contributed by atoms with Crippen LogP contribution in [-0.4, -0.2) is 31.6 Å². The predicted molar refractivity (Wildman–Crippen MR) is 69.1 cm³/mol. The molecule has 0 amide bonds. The fraction of sp³-hybridized carbons (Fsp3) is 0.500. The molecule has 1 aromatic carbocycles. The molecule has 0 aliphatic rings. The number of methoxy groups -OCH3 is 1. The predicted octanol–water partition coefficient (Wildman–Crippen LogP) is 2.78. The lowest BCUT2D eigenvalue weighted by molar-refractivity contribution is 0.295. The summed E-state index contributed by atoms with van der Waals surface area (Å²) in [4.78, 5) is 2.14. The fourth-order valence-corrected chi connectivity index (χ4v) is 1.93. The Morgan fingerprint density at radius 2 is 2.06 bits per heavy atom. The highest BCUT2D eigenvalue weighted by Gasteiger charge is 2.18. The highest BCUT2D eigenvalue weighted by molar-refractivity contribution is 5.39. The van der Waals surface area contributed by atoms with Crippen molar-refractivity contribution in [3.8, 4) is 11.8 Å². The summed E-state index contributed by atoms with van der Waals surface area (Å²) in [6.45, 7) is 6.41. The van der Waals surface area contributed by atoms with Gasteiger partial charge in [0.25, 0.3) is 0 Å². The number of nitriles is 1. The third kappa shape index (κ3) is 3.44. The Hall–Kier alpha value is -1.60. The van der Waals surface area contributed by atoms with Crippen molar-refractivity contribution in [3.05, 3.63) is 29.6 Å². The van der Waals surface area contributed by atoms with Gasteiger partial charge in [0.05, 0.1) is 19.1 Å². The molecule has 0 aliphatic heterocycles. The number of nitrogens with zero attached hydrogens (tertiary/aromatic N) is 2.